The van der Waals surface area contributed by atoms with Crippen LogP contribution in [0, 0.1) is 0 Å². The predicted molar refractivity (Wildman–Crippen MR) is 61.8 cm³/mol. The van der Waals surface area contributed by atoms with E-state index in [-0.39, 0.29) is 0 Å². The molecule has 0 aromatic carbocycles. The summed E-state index contributed by atoms with van der Waals surface area (Å²) in [7, 11) is 0. The lowest BCUT2D eigenvalue weighted by atomic mass is 9.80. The minimum absolute atomic E-state index is 0.361. The van der Waals surface area contributed by atoms with Crippen molar-refractivity contribution < 1.29 is 0 Å². The number of nitrogens with zero attached hydrogens (tertiary/aromatic N) is 2. The maximum Gasteiger partial charge on any atom is 0.109 e. The van der Waals surface area contributed by atoms with Crippen LogP contribution in [-0.4, -0.2) is 21.0 Å². The monoisotopic (exact) mass is 214 g/mol. The fourth-order valence-corrected chi connectivity index (χ4v) is 2.11. The third kappa shape index (κ3) is 1.61. The van der Waals surface area contributed by atoms with Gasteiger partial charge >= 0.3 is 0 Å². The molecule has 2 aromatic rings. The lowest BCUT2D eigenvalue weighted by Crippen LogP contribution is -2.35. The summed E-state index contributed by atoms with van der Waals surface area (Å²) in [5.74, 6) is 1.58. The van der Waals surface area contributed by atoms with Crippen molar-refractivity contribution in [2.45, 2.75) is 24.8 Å². The zero-order valence-electron chi connectivity index (χ0n) is 8.93. The van der Waals surface area contributed by atoms with Crippen molar-refractivity contribution in [3.63, 3.8) is 0 Å². The quantitative estimate of drug-likeness (QED) is 0.799. The summed E-state index contributed by atoms with van der Waals surface area (Å²) in [6.45, 7) is 0. The van der Waals surface area contributed by atoms with E-state index in [1.807, 2.05) is 18.3 Å². The van der Waals surface area contributed by atoms with Crippen molar-refractivity contribution in [1.29, 1.82) is 0 Å². The van der Waals surface area contributed by atoms with Crippen LogP contribution < -0.4 is 5.73 Å². The standard InChI is InChI=1S/C12H14N4/c13-10-5-9(6-10)12-15-7-11(16-12)8-1-3-14-4-2-8/h1-4,7,9-10H,5-6,13H2,(H,15,16). The minimum atomic E-state index is 0.361. The number of imidazole rings is 1. The fraction of sp³-hybridized carbons (Fsp3) is 0.333. The molecule has 16 heavy (non-hydrogen) atoms. The first-order valence-corrected chi connectivity index (χ1v) is 5.54. The average Bonchev–Trinajstić information content (AvgIpc) is 2.75. The zero-order valence-corrected chi connectivity index (χ0v) is 8.93. The lowest BCUT2D eigenvalue weighted by molar-refractivity contribution is 0.340. The van der Waals surface area contributed by atoms with Gasteiger partial charge in [0.05, 0.1) is 11.9 Å². The van der Waals surface area contributed by atoms with Crippen LogP contribution in [0.25, 0.3) is 11.3 Å². The number of aromatic amines is 1. The molecule has 0 aliphatic heterocycles. The first-order valence-electron chi connectivity index (χ1n) is 5.54. The van der Waals surface area contributed by atoms with Crippen LogP contribution in [0.1, 0.15) is 24.6 Å². The molecule has 4 nitrogen and oxygen atoms in total. The molecule has 0 atom stereocenters. The first kappa shape index (κ1) is 9.54. The average molecular weight is 214 g/mol. The number of rotatable bonds is 2. The molecule has 1 aliphatic rings. The van der Waals surface area contributed by atoms with E-state index in [2.05, 4.69) is 15.0 Å². The van der Waals surface area contributed by atoms with E-state index in [9.17, 15) is 0 Å². The molecular weight excluding hydrogens is 200 g/mol. The van der Waals surface area contributed by atoms with Gasteiger partial charge in [-0.25, -0.2) is 4.98 Å². The van der Waals surface area contributed by atoms with E-state index >= 15 is 0 Å². The smallest absolute Gasteiger partial charge is 0.109 e. The maximum atomic E-state index is 5.77. The van der Waals surface area contributed by atoms with E-state index in [0.29, 0.717) is 12.0 Å². The van der Waals surface area contributed by atoms with Gasteiger partial charge in [-0.15, -0.1) is 0 Å². The number of hydrogen-bond acceptors (Lipinski definition) is 3. The van der Waals surface area contributed by atoms with Gasteiger partial charge in [0.25, 0.3) is 0 Å². The maximum absolute atomic E-state index is 5.77. The Morgan fingerprint density at radius 3 is 2.69 bits per heavy atom. The molecule has 3 N–H and O–H groups in total. The molecule has 0 spiro atoms. The second-order valence-electron chi connectivity index (χ2n) is 4.35. The van der Waals surface area contributed by atoms with Crippen molar-refractivity contribution in [3.05, 3.63) is 36.5 Å². The van der Waals surface area contributed by atoms with Gasteiger partial charge in [0.15, 0.2) is 0 Å². The Morgan fingerprint density at radius 1 is 1.25 bits per heavy atom. The topological polar surface area (TPSA) is 67.6 Å². The molecule has 0 radical (unpaired) electrons. The summed E-state index contributed by atoms with van der Waals surface area (Å²) in [4.78, 5) is 11.8. The summed E-state index contributed by atoms with van der Waals surface area (Å²) in [6, 6.07) is 4.31. The van der Waals surface area contributed by atoms with Crippen LogP contribution in [0.5, 0.6) is 0 Å². The summed E-state index contributed by atoms with van der Waals surface area (Å²) >= 11 is 0. The number of aromatic nitrogens is 3. The van der Waals surface area contributed by atoms with Crippen LogP contribution >= 0.6 is 0 Å². The van der Waals surface area contributed by atoms with Gasteiger partial charge in [0, 0.05) is 29.9 Å². The van der Waals surface area contributed by atoms with Crippen molar-refractivity contribution >= 4 is 0 Å². The highest BCUT2D eigenvalue weighted by Gasteiger charge is 2.29. The molecule has 3 rings (SSSR count). The van der Waals surface area contributed by atoms with E-state index in [1.54, 1.807) is 12.4 Å². The zero-order chi connectivity index (χ0) is 11.0. The Kier molecular flexibility index (Phi) is 2.22. The van der Waals surface area contributed by atoms with Crippen molar-refractivity contribution in [2.75, 3.05) is 0 Å². The molecule has 1 saturated carbocycles. The van der Waals surface area contributed by atoms with E-state index < -0.39 is 0 Å². The Labute approximate surface area is 93.9 Å². The second kappa shape index (κ2) is 3.72. The second-order valence-corrected chi connectivity index (χ2v) is 4.35. The molecule has 0 saturated heterocycles. The van der Waals surface area contributed by atoms with Crippen molar-refractivity contribution in [2.24, 2.45) is 5.73 Å². The Bertz CT molecular complexity index is 471. The van der Waals surface area contributed by atoms with Crippen LogP contribution in [0.3, 0.4) is 0 Å². The fourth-order valence-electron chi connectivity index (χ4n) is 2.11. The van der Waals surface area contributed by atoms with Crippen LogP contribution in [0.2, 0.25) is 0 Å². The number of nitrogens with one attached hydrogen (secondary N) is 1. The van der Waals surface area contributed by atoms with Crippen LogP contribution in [0.4, 0.5) is 0 Å². The molecule has 2 aromatic heterocycles. The van der Waals surface area contributed by atoms with E-state index in [4.69, 9.17) is 5.73 Å². The molecule has 4 heteroatoms. The first-order chi connectivity index (χ1) is 7.83. The molecule has 0 bridgehead atoms. The largest absolute Gasteiger partial charge is 0.342 e. The Balaban J connectivity index is 1.83. The van der Waals surface area contributed by atoms with Gasteiger partial charge in [-0.3, -0.25) is 4.98 Å². The number of pyridine rings is 1. The van der Waals surface area contributed by atoms with Gasteiger partial charge < -0.3 is 10.7 Å². The third-order valence-corrected chi connectivity index (χ3v) is 3.15. The Hall–Kier alpha value is -1.68. The van der Waals surface area contributed by atoms with Gasteiger partial charge in [-0.1, -0.05) is 0 Å². The minimum Gasteiger partial charge on any atom is -0.342 e. The summed E-state index contributed by atoms with van der Waals surface area (Å²) < 4.78 is 0. The van der Waals surface area contributed by atoms with E-state index in [1.165, 1.54) is 0 Å². The predicted octanol–water partition coefficient (Wildman–Crippen LogP) is 1.68. The molecule has 1 fully saturated rings. The summed E-state index contributed by atoms with van der Waals surface area (Å²) in [6.07, 6.45) is 7.55. The van der Waals surface area contributed by atoms with Crippen molar-refractivity contribution in [1.82, 2.24) is 15.0 Å². The molecule has 1 aliphatic carbocycles. The van der Waals surface area contributed by atoms with Gasteiger partial charge in [-0.05, 0) is 25.0 Å². The van der Waals surface area contributed by atoms with Gasteiger partial charge in [0.1, 0.15) is 5.82 Å². The highest BCUT2D eigenvalue weighted by atomic mass is 14.9. The molecule has 0 amide bonds. The number of hydrogen-bond donors (Lipinski definition) is 2. The summed E-state index contributed by atoms with van der Waals surface area (Å²) in [5, 5.41) is 0. The number of H-pyrrole nitrogens is 1. The van der Waals surface area contributed by atoms with Gasteiger partial charge in [-0.2, -0.15) is 0 Å². The highest BCUT2D eigenvalue weighted by Crippen LogP contribution is 2.34. The normalized spacial score (nSPS) is 24.1. The molecule has 2 heterocycles. The Morgan fingerprint density at radius 2 is 2.00 bits per heavy atom. The molecule has 0 unspecified atom stereocenters. The molecular formula is C12H14N4. The van der Waals surface area contributed by atoms with E-state index in [0.717, 1.165) is 29.9 Å². The summed E-state index contributed by atoms with van der Waals surface area (Å²) in [5.41, 5.74) is 7.95. The van der Waals surface area contributed by atoms with Crippen LogP contribution in [0.15, 0.2) is 30.7 Å². The highest BCUT2D eigenvalue weighted by molar-refractivity contribution is 5.57. The number of nitrogens with two attached hydrogens (primary N) is 1. The SMILES string of the molecule is NC1CC(c2ncc(-c3ccncc3)[nH]2)C1. The van der Waals surface area contributed by atoms with Gasteiger partial charge in [0.2, 0.25) is 0 Å². The van der Waals surface area contributed by atoms with Crippen LogP contribution in [-0.2, 0) is 0 Å². The van der Waals surface area contributed by atoms with Crippen molar-refractivity contribution in [3.8, 4) is 11.3 Å². The lowest BCUT2D eigenvalue weighted by Gasteiger charge is -2.30. The third-order valence-electron chi connectivity index (χ3n) is 3.15. The molecule has 82 valence electrons.